The number of thiazole rings is 1. The summed E-state index contributed by atoms with van der Waals surface area (Å²) < 4.78 is 5.41. The third-order valence-electron chi connectivity index (χ3n) is 3.87. The number of aryl methyl sites for hydroxylation is 1. The summed E-state index contributed by atoms with van der Waals surface area (Å²) in [4.78, 5) is 31.5. The van der Waals surface area contributed by atoms with Crippen molar-refractivity contribution in [3.05, 3.63) is 16.1 Å². The molecule has 1 aliphatic heterocycles. The first-order valence-electron chi connectivity index (χ1n) is 7.64. The summed E-state index contributed by atoms with van der Waals surface area (Å²) >= 11 is 1.49. The predicted octanol–water partition coefficient (Wildman–Crippen LogP) is 2.78. The molecule has 0 saturated carbocycles. The minimum absolute atomic E-state index is 0.100. The average Bonchev–Trinajstić information content (AvgIpc) is 2.88. The van der Waals surface area contributed by atoms with Gasteiger partial charge in [-0.25, -0.2) is 4.98 Å². The van der Waals surface area contributed by atoms with Gasteiger partial charge in [0.1, 0.15) is 6.61 Å². The molecule has 2 heterocycles. The number of nitrogens with zero attached hydrogens (tertiary/aromatic N) is 2. The van der Waals surface area contributed by atoms with Crippen LogP contribution in [0.15, 0.2) is 5.51 Å². The van der Waals surface area contributed by atoms with Crippen LogP contribution in [0.25, 0.3) is 0 Å². The van der Waals surface area contributed by atoms with Crippen LogP contribution in [0.5, 0.6) is 0 Å². The molecule has 1 aromatic heterocycles. The van der Waals surface area contributed by atoms with Crippen molar-refractivity contribution in [3.8, 4) is 0 Å². The Hall–Kier alpha value is -1.43. The SMILES string of the molecule is Cc1ncsc1COC(=O)[C@@H]1CCCN(C(=O)C(C)(C)C)C1. The Kier molecular flexibility index (Phi) is 5.21. The van der Waals surface area contributed by atoms with E-state index in [4.69, 9.17) is 4.74 Å². The second kappa shape index (κ2) is 6.77. The summed E-state index contributed by atoms with van der Waals surface area (Å²) in [5.74, 6) is -0.323. The standard InChI is InChI=1S/C16H24N2O3S/c1-11-13(22-10-17-11)9-21-14(19)12-6-5-7-18(8-12)15(20)16(2,3)4/h10,12H,5-9H2,1-4H3/t12-/m1/s1. The van der Waals surface area contributed by atoms with Gasteiger partial charge in [-0.2, -0.15) is 0 Å². The zero-order chi connectivity index (χ0) is 16.3. The summed E-state index contributed by atoms with van der Waals surface area (Å²) in [6, 6.07) is 0. The number of ether oxygens (including phenoxy) is 1. The fourth-order valence-electron chi connectivity index (χ4n) is 2.55. The molecule has 0 aliphatic carbocycles. The van der Waals surface area contributed by atoms with Crippen molar-refractivity contribution >= 4 is 23.2 Å². The number of aromatic nitrogens is 1. The zero-order valence-electron chi connectivity index (χ0n) is 13.7. The van der Waals surface area contributed by atoms with Crippen LogP contribution < -0.4 is 0 Å². The Bertz CT molecular complexity index is 548. The lowest BCUT2D eigenvalue weighted by Gasteiger charge is -2.35. The highest BCUT2D eigenvalue weighted by molar-refractivity contribution is 7.09. The van der Waals surface area contributed by atoms with E-state index in [1.807, 2.05) is 27.7 Å². The van der Waals surface area contributed by atoms with Gasteiger partial charge < -0.3 is 9.64 Å². The quantitative estimate of drug-likeness (QED) is 0.802. The summed E-state index contributed by atoms with van der Waals surface area (Å²) in [6.07, 6.45) is 1.63. The number of esters is 1. The molecule has 0 spiro atoms. The van der Waals surface area contributed by atoms with Gasteiger partial charge in [0.05, 0.1) is 22.0 Å². The molecule has 0 bridgehead atoms. The second-order valence-electron chi connectivity index (χ2n) is 6.81. The van der Waals surface area contributed by atoms with E-state index in [2.05, 4.69) is 4.98 Å². The van der Waals surface area contributed by atoms with Gasteiger partial charge in [-0.15, -0.1) is 11.3 Å². The smallest absolute Gasteiger partial charge is 0.311 e. The fraction of sp³-hybridized carbons (Fsp3) is 0.688. The first-order valence-corrected chi connectivity index (χ1v) is 8.52. The van der Waals surface area contributed by atoms with Crippen LogP contribution >= 0.6 is 11.3 Å². The molecule has 1 saturated heterocycles. The Morgan fingerprint density at radius 3 is 2.77 bits per heavy atom. The third kappa shape index (κ3) is 4.06. The summed E-state index contributed by atoms with van der Waals surface area (Å²) in [5, 5.41) is 0. The minimum atomic E-state index is -0.411. The summed E-state index contributed by atoms with van der Waals surface area (Å²) in [6.45, 7) is 9.10. The van der Waals surface area contributed by atoms with Crippen LogP contribution in [0.2, 0.25) is 0 Å². The van der Waals surface area contributed by atoms with Crippen molar-refractivity contribution in [2.24, 2.45) is 11.3 Å². The second-order valence-corrected chi connectivity index (χ2v) is 7.75. The molecule has 1 atom stereocenters. The van der Waals surface area contributed by atoms with E-state index in [0.717, 1.165) is 30.0 Å². The molecule has 1 aromatic rings. The van der Waals surface area contributed by atoms with Crippen LogP contribution in [0.3, 0.4) is 0 Å². The molecule has 122 valence electrons. The lowest BCUT2D eigenvalue weighted by Crippen LogP contribution is -2.47. The van der Waals surface area contributed by atoms with Crippen molar-refractivity contribution in [1.29, 1.82) is 0 Å². The maximum Gasteiger partial charge on any atom is 0.311 e. The van der Waals surface area contributed by atoms with Gasteiger partial charge in [0.2, 0.25) is 5.91 Å². The van der Waals surface area contributed by atoms with E-state index in [-0.39, 0.29) is 24.4 Å². The number of piperidine rings is 1. The first kappa shape index (κ1) is 16.9. The molecule has 0 aromatic carbocycles. The average molecular weight is 324 g/mol. The Balaban J connectivity index is 1.90. The lowest BCUT2D eigenvalue weighted by atomic mass is 9.91. The molecule has 6 heteroatoms. The van der Waals surface area contributed by atoms with Gasteiger partial charge in [-0.3, -0.25) is 9.59 Å². The van der Waals surface area contributed by atoms with Gasteiger partial charge in [-0.05, 0) is 19.8 Å². The first-order chi connectivity index (χ1) is 10.3. The minimum Gasteiger partial charge on any atom is -0.460 e. The molecule has 1 aliphatic rings. The van der Waals surface area contributed by atoms with Crippen LogP contribution in [-0.4, -0.2) is 34.8 Å². The number of hydrogen-bond donors (Lipinski definition) is 0. The highest BCUT2D eigenvalue weighted by atomic mass is 32.1. The van der Waals surface area contributed by atoms with Crippen LogP contribution in [0.4, 0.5) is 0 Å². The van der Waals surface area contributed by atoms with E-state index >= 15 is 0 Å². The molecular weight excluding hydrogens is 300 g/mol. The highest BCUT2D eigenvalue weighted by Crippen LogP contribution is 2.24. The lowest BCUT2D eigenvalue weighted by molar-refractivity contribution is -0.154. The molecule has 0 N–H and O–H groups in total. The largest absolute Gasteiger partial charge is 0.460 e. The number of hydrogen-bond acceptors (Lipinski definition) is 5. The molecule has 1 fully saturated rings. The van der Waals surface area contributed by atoms with Gasteiger partial charge in [0.25, 0.3) is 0 Å². The van der Waals surface area contributed by atoms with Crippen molar-refractivity contribution < 1.29 is 14.3 Å². The van der Waals surface area contributed by atoms with Gasteiger partial charge in [0, 0.05) is 18.5 Å². The number of amides is 1. The van der Waals surface area contributed by atoms with Crippen molar-refractivity contribution in [3.63, 3.8) is 0 Å². The van der Waals surface area contributed by atoms with Crippen LogP contribution in [-0.2, 0) is 20.9 Å². The number of carbonyl (C=O) groups is 2. The van der Waals surface area contributed by atoms with E-state index in [9.17, 15) is 9.59 Å². The van der Waals surface area contributed by atoms with E-state index in [1.54, 1.807) is 10.4 Å². The number of rotatable bonds is 3. The maximum atomic E-state index is 12.3. The molecule has 0 radical (unpaired) electrons. The normalized spacial score (nSPS) is 19.1. The Morgan fingerprint density at radius 2 is 2.18 bits per heavy atom. The maximum absolute atomic E-state index is 12.3. The van der Waals surface area contributed by atoms with E-state index in [1.165, 1.54) is 11.3 Å². The molecular formula is C16H24N2O3S. The van der Waals surface area contributed by atoms with E-state index in [0.29, 0.717) is 6.54 Å². The summed E-state index contributed by atoms with van der Waals surface area (Å²) in [5.41, 5.74) is 2.25. The molecule has 1 amide bonds. The topological polar surface area (TPSA) is 59.5 Å². The molecule has 0 unspecified atom stereocenters. The van der Waals surface area contributed by atoms with Gasteiger partial charge in [-0.1, -0.05) is 20.8 Å². The van der Waals surface area contributed by atoms with Gasteiger partial charge in [0.15, 0.2) is 0 Å². The summed E-state index contributed by atoms with van der Waals surface area (Å²) in [7, 11) is 0. The Morgan fingerprint density at radius 1 is 1.45 bits per heavy atom. The fourth-order valence-corrected chi connectivity index (χ4v) is 3.24. The Labute approximate surface area is 135 Å². The van der Waals surface area contributed by atoms with E-state index < -0.39 is 5.41 Å². The monoisotopic (exact) mass is 324 g/mol. The number of likely N-dealkylation sites (tertiary alicyclic amines) is 1. The van der Waals surface area contributed by atoms with Gasteiger partial charge >= 0.3 is 5.97 Å². The highest BCUT2D eigenvalue weighted by Gasteiger charge is 2.34. The van der Waals surface area contributed by atoms with Crippen molar-refractivity contribution in [2.75, 3.05) is 13.1 Å². The molecule has 22 heavy (non-hydrogen) atoms. The van der Waals surface area contributed by atoms with Crippen LogP contribution in [0, 0.1) is 18.3 Å². The van der Waals surface area contributed by atoms with Crippen molar-refractivity contribution in [1.82, 2.24) is 9.88 Å². The third-order valence-corrected chi connectivity index (χ3v) is 4.78. The number of carbonyl (C=O) groups excluding carboxylic acids is 2. The van der Waals surface area contributed by atoms with Crippen molar-refractivity contribution in [2.45, 2.75) is 47.1 Å². The molecule has 5 nitrogen and oxygen atoms in total. The zero-order valence-corrected chi connectivity index (χ0v) is 14.5. The predicted molar refractivity (Wildman–Crippen MR) is 85.4 cm³/mol. The van der Waals surface area contributed by atoms with Crippen LogP contribution in [0.1, 0.15) is 44.2 Å². The molecule has 2 rings (SSSR count).